The van der Waals surface area contributed by atoms with Crippen LogP contribution in [0.1, 0.15) is 0 Å². The first-order chi connectivity index (χ1) is 9.74. The van der Waals surface area contributed by atoms with Crippen LogP contribution in [0.3, 0.4) is 0 Å². The van der Waals surface area contributed by atoms with Gasteiger partial charge in [-0.3, -0.25) is 0 Å². The minimum absolute atomic E-state index is 0.763. The summed E-state index contributed by atoms with van der Waals surface area (Å²) in [6.45, 7) is 0. The van der Waals surface area contributed by atoms with Crippen molar-refractivity contribution in [3.63, 3.8) is 0 Å². The van der Waals surface area contributed by atoms with Crippen molar-refractivity contribution in [2.75, 3.05) is 11.5 Å². The zero-order valence-corrected chi connectivity index (χ0v) is 11.0. The summed E-state index contributed by atoms with van der Waals surface area (Å²) < 4.78 is 0. The topological polar surface area (TPSA) is 52.0 Å². The van der Waals surface area contributed by atoms with Gasteiger partial charge in [0, 0.05) is 11.4 Å². The second kappa shape index (κ2) is 5.10. The summed E-state index contributed by atoms with van der Waals surface area (Å²) in [5, 5.41) is 0. The molecule has 0 aromatic heterocycles. The number of anilines is 2. The fraction of sp³-hybridized carbons (Fsp3) is 0. The van der Waals surface area contributed by atoms with Gasteiger partial charge in [-0.1, -0.05) is 42.5 Å². The van der Waals surface area contributed by atoms with E-state index in [9.17, 15) is 0 Å². The lowest BCUT2D eigenvalue weighted by Gasteiger charge is -2.10. The van der Waals surface area contributed by atoms with E-state index in [0.717, 1.165) is 33.6 Å². The molecule has 97 valence electrons. The molecule has 0 aliphatic heterocycles. The van der Waals surface area contributed by atoms with Gasteiger partial charge in [0.15, 0.2) is 0 Å². The zero-order valence-electron chi connectivity index (χ0n) is 11.0. The van der Waals surface area contributed by atoms with Crippen LogP contribution < -0.4 is 11.5 Å². The maximum absolute atomic E-state index is 5.75. The largest absolute Gasteiger partial charge is 0.399 e. The van der Waals surface area contributed by atoms with Gasteiger partial charge >= 0.3 is 0 Å². The Hall–Kier alpha value is -2.74. The summed E-state index contributed by atoms with van der Waals surface area (Å²) in [5.74, 6) is 0. The summed E-state index contributed by atoms with van der Waals surface area (Å²) in [6, 6.07) is 25.0. The molecule has 4 N–H and O–H groups in total. The molecule has 3 aromatic rings. The molecule has 0 atom stereocenters. The molecule has 2 nitrogen and oxygen atoms in total. The monoisotopic (exact) mass is 259 g/mol. The van der Waals surface area contributed by atoms with Crippen molar-refractivity contribution in [3.05, 3.63) is 72.8 Å². The van der Waals surface area contributed by atoms with Crippen LogP contribution in [-0.2, 0) is 0 Å². The van der Waals surface area contributed by atoms with Crippen LogP contribution >= 0.6 is 0 Å². The van der Waals surface area contributed by atoms with E-state index in [0.29, 0.717) is 0 Å². The van der Waals surface area contributed by atoms with E-state index in [4.69, 9.17) is 11.5 Å². The number of rotatable bonds is 2. The minimum atomic E-state index is 0.763. The number of hydrogen-bond donors (Lipinski definition) is 2. The number of nitrogens with two attached hydrogens (primary N) is 2. The van der Waals surface area contributed by atoms with Crippen molar-refractivity contribution in [3.8, 4) is 22.3 Å². The molecule has 3 rings (SSSR count). The molecule has 2 heteroatoms. The summed E-state index contributed by atoms with van der Waals surface area (Å²) in [7, 11) is 0. The molecule has 0 fully saturated rings. The highest BCUT2D eigenvalue weighted by atomic mass is 14.5. The van der Waals surface area contributed by atoms with Gasteiger partial charge in [-0.25, -0.2) is 0 Å². The van der Waals surface area contributed by atoms with E-state index in [2.05, 4.69) is 12.1 Å². The molecule has 1 radical (unpaired) electrons. The van der Waals surface area contributed by atoms with E-state index >= 15 is 0 Å². The fourth-order valence-corrected chi connectivity index (χ4v) is 2.23. The summed E-state index contributed by atoms with van der Waals surface area (Å²) in [4.78, 5) is 0. The quantitative estimate of drug-likeness (QED) is 0.684. The number of nitrogen functional groups attached to an aromatic ring is 2. The molecule has 0 heterocycles. The normalized spacial score (nSPS) is 10.4. The lowest BCUT2D eigenvalue weighted by Crippen LogP contribution is -1.88. The first-order valence-electron chi connectivity index (χ1n) is 6.46. The molecule has 0 aliphatic carbocycles. The van der Waals surface area contributed by atoms with Gasteiger partial charge in [0.2, 0.25) is 0 Å². The van der Waals surface area contributed by atoms with Gasteiger partial charge in [0.25, 0.3) is 0 Å². The third-order valence-electron chi connectivity index (χ3n) is 3.28. The Morgan fingerprint density at radius 1 is 0.650 bits per heavy atom. The zero-order chi connectivity index (χ0) is 13.9. The molecule has 0 saturated heterocycles. The predicted octanol–water partition coefficient (Wildman–Crippen LogP) is 3.99. The first kappa shape index (κ1) is 12.3. The van der Waals surface area contributed by atoms with Crippen LogP contribution in [0.15, 0.2) is 66.7 Å². The van der Waals surface area contributed by atoms with Crippen LogP contribution in [0.25, 0.3) is 22.3 Å². The molecule has 0 bridgehead atoms. The van der Waals surface area contributed by atoms with Crippen LogP contribution in [0.5, 0.6) is 0 Å². The van der Waals surface area contributed by atoms with E-state index < -0.39 is 0 Å². The van der Waals surface area contributed by atoms with Crippen LogP contribution in [0, 0.1) is 6.07 Å². The highest BCUT2D eigenvalue weighted by Gasteiger charge is 2.06. The maximum atomic E-state index is 5.75. The third kappa shape index (κ3) is 2.36. The smallest absolute Gasteiger partial charge is 0.0314 e. The molecule has 0 aliphatic rings. The van der Waals surface area contributed by atoms with Gasteiger partial charge in [0.1, 0.15) is 0 Å². The Balaban J connectivity index is 2.13. The number of hydrogen-bond acceptors (Lipinski definition) is 2. The molecule has 0 amide bonds. The second-order valence-corrected chi connectivity index (χ2v) is 4.70. The van der Waals surface area contributed by atoms with E-state index in [-0.39, 0.29) is 0 Å². The second-order valence-electron chi connectivity index (χ2n) is 4.70. The molecule has 0 unspecified atom stereocenters. The summed E-state index contributed by atoms with van der Waals surface area (Å²) in [5.41, 5.74) is 17.5. The third-order valence-corrected chi connectivity index (χ3v) is 3.28. The van der Waals surface area contributed by atoms with Crippen LogP contribution in [0.2, 0.25) is 0 Å². The van der Waals surface area contributed by atoms with E-state index in [1.165, 1.54) is 0 Å². The average Bonchev–Trinajstić information content (AvgIpc) is 2.49. The lowest BCUT2D eigenvalue weighted by molar-refractivity contribution is 1.57. The van der Waals surface area contributed by atoms with E-state index in [1.807, 2.05) is 60.7 Å². The molecule has 0 spiro atoms. The summed E-state index contributed by atoms with van der Waals surface area (Å²) >= 11 is 0. The van der Waals surface area contributed by atoms with Crippen molar-refractivity contribution in [2.45, 2.75) is 0 Å². The van der Waals surface area contributed by atoms with E-state index in [1.54, 1.807) is 0 Å². The van der Waals surface area contributed by atoms with Gasteiger partial charge in [-0.2, -0.15) is 0 Å². The molecule has 0 saturated carbocycles. The highest BCUT2D eigenvalue weighted by molar-refractivity contribution is 5.83. The van der Waals surface area contributed by atoms with Crippen molar-refractivity contribution in [1.82, 2.24) is 0 Å². The maximum Gasteiger partial charge on any atom is 0.0314 e. The molecule has 20 heavy (non-hydrogen) atoms. The van der Waals surface area contributed by atoms with Crippen molar-refractivity contribution in [2.24, 2.45) is 0 Å². The fourth-order valence-electron chi connectivity index (χ4n) is 2.23. The lowest BCUT2D eigenvalue weighted by atomic mass is 9.94. The van der Waals surface area contributed by atoms with Crippen molar-refractivity contribution >= 4 is 11.4 Å². The number of benzene rings is 3. The molecular formula is C18H15N2. The van der Waals surface area contributed by atoms with Gasteiger partial charge < -0.3 is 11.5 Å². The van der Waals surface area contributed by atoms with Gasteiger partial charge in [-0.05, 0) is 52.6 Å². The molecular weight excluding hydrogens is 244 g/mol. The Bertz CT molecular complexity index is 649. The Morgan fingerprint density at radius 2 is 1.20 bits per heavy atom. The van der Waals surface area contributed by atoms with Crippen LogP contribution in [-0.4, -0.2) is 0 Å². The highest BCUT2D eigenvalue weighted by Crippen LogP contribution is 2.32. The minimum Gasteiger partial charge on any atom is -0.399 e. The van der Waals surface area contributed by atoms with Crippen molar-refractivity contribution in [1.29, 1.82) is 0 Å². The van der Waals surface area contributed by atoms with Gasteiger partial charge in [0.05, 0.1) is 0 Å². The van der Waals surface area contributed by atoms with Crippen LogP contribution in [0.4, 0.5) is 11.4 Å². The Kier molecular flexibility index (Phi) is 3.13. The molecule has 3 aromatic carbocycles. The SMILES string of the molecule is Nc1ccc(-c2[c]cccc2-c2ccc(N)cc2)cc1. The summed E-state index contributed by atoms with van der Waals surface area (Å²) in [6.07, 6.45) is 0. The Labute approximate surface area is 118 Å². The first-order valence-corrected chi connectivity index (χ1v) is 6.46. The van der Waals surface area contributed by atoms with Gasteiger partial charge in [-0.15, -0.1) is 0 Å². The standard InChI is InChI=1S/C18H15N2/c19-15-9-5-13(6-10-15)17-3-1-2-4-18(17)14-7-11-16(20)12-8-14/h1-3,5-12H,19-20H2. The predicted molar refractivity (Wildman–Crippen MR) is 85.0 cm³/mol. The Morgan fingerprint density at radius 3 is 1.80 bits per heavy atom. The average molecular weight is 259 g/mol. The van der Waals surface area contributed by atoms with Crippen molar-refractivity contribution < 1.29 is 0 Å².